The van der Waals surface area contributed by atoms with Crippen molar-refractivity contribution in [1.82, 2.24) is 19.6 Å². The van der Waals surface area contributed by atoms with Crippen molar-refractivity contribution >= 4 is 34.8 Å². The van der Waals surface area contributed by atoms with Crippen LogP contribution in [0.3, 0.4) is 0 Å². The van der Waals surface area contributed by atoms with E-state index in [1.54, 1.807) is 17.4 Å². The minimum atomic E-state index is -0.836. The molecule has 3 aromatic rings. The topological polar surface area (TPSA) is 144 Å². The summed E-state index contributed by atoms with van der Waals surface area (Å²) in [5, 5.41) is 25.6. The van der Waals surface area contributed by atoms with Crippen LogP contribution in [0.1, 0.15) is 103 Å². The van der Waals surface area contributed by atoms with E-state index >= 15 is 0 Å². The number of piperidine rings is 1. The first-order valence-corrected chi connectivity index (χ1v) is 23.8. The number of anilines is 1. The number of hydrogen-bond donors (Lipinski definition) is 3. The molecular formula is C48H65N5O8S. The monoisotopic (exact) mass is 871 g/mol. The molecule has 13 nitrogen and oxygen atoms in total. The molecule has 8 rings (SSSR count). The fourth-order valence-corrected chi connectivity index (χ4v) is 11.3. The van der Waals surface area contributed by atoms with Gasteiger partial charge in [0, 0.05) is 58.4 Å². The fourth-order valence-electron chi connectivity index (χ4n) is 10.3. The van der Waals surface area contributed by atoms with Gasteiger partial charge in [-0.05, 0) is 90.6 Å². The Morgan fingerprint density at radius 2 is 1.81 bits per heavy atom. The number of carbonyl (C=O) groups is 3. The zero-order chi connectivity index (χ0) is 43.2. The Labute approximate surface area is 370 Å². The van der Waals surface area contributed by atoms with Crippen LogP contribution in [0.4, 0.5) is 5.69 Å². The van der Waals surface area contributed by atoms with Gasteiger partial charge in [-0.3, -0.25) is 29.1 Å². The molecule has 1 spiro atoms. The van der Waals surface area contributed by atoms with Crippen LogP contribution in [-0.2, 0) is 38.4 Å². The summed E-state index contributed by atoms with van der Waals surface area (Å²) in [6, 6.07) is 13.9. The number of nitrogens with zero attached hydrogens (tertiary/aromatic N) is 4. The van der Waals surface area contributed by atoms with E-state index < -0.39 is 12.0 Å². The van der Waals surface area contributed by atoms with Crippen molar-refractivity contribution in [3.8, 4) is 11.5 Å². The Hall–Kier alpha value is -4.05. The SMILES string of the molecule is CC(C)c1csc(C(=O)N2CCOC3(CCN(Cc4cccc(CCOC5CCN(CCN(CCc6ccc(O)c7c6OCC(=O)N7)C6CCCCC6)[C@@H]5C(=O)O)c4)CC3)C2)c1. The number of carbonyl (C=O) groups excluding carboxylic acids is 2. The highest BCUT2D eigenvalue weighted by molar-refractivity contribution is 7.12. The molecule has 5 aliphatic rings. The van der Waals surface area contributed by atoms with E-state index in [1.165, 1.54) is 36.0 Å². The van der Waals surface area contributed by atoms with Crippen LogP contribution in [0.5, 0.6) is 11.5 Å². The quantitative estimate of drug-likeness (QED) is 0.138. The van der Waals surface area contributed by atoms with Gasteiger partial charge >= 0.3 is 5.97 Å². The Morgan fingerprint density at radius 1 is 1.00 bits per heavy atom. The highest BCUT2D eigenvalue weighted by Gasteiger charge is 2.42. The van der Waals surface area contributed by atoms with Gasteiger partial charge in [0.05, 0.1) is 36.3 Å². The molecule has 1 aromatic heterocycles. The average Bonchev–Trinajstić information content (AvgIpc) is 3.94. The lowest BCUT2D eigenvalue weighted by Crippen LogP contribution is -2.57. The molecule has 0 bridgehead atoms. The Bertz CT molecular complexity index is 2030. The van der Waals surface area contributed by atoms with E-state index in [4.69, 9.17) is 14.2 Å². The second-order valence-electron chi connectivity index (χ2n) is 18.4. The van der Waals surface area contributed by atoms with Gasteiger partial charge in [-0.15, -0.1) is 11.3 Å². The number of rotatable bonds is 16. The molecule has 1 aliphatic carbocycles. The number of aliphatic carboxylic acids is 1. The van der Waals surface area contributed by atoms with Gasteiger partial charge in [0.25, 0.3) is 11.8 Å². The van der Waals surface area contributed by atoms with Gasteiger partial charge in [-0.2, -0.15) is 0 Å². The number of ether oxygens (including phenoxy) is 3. The van der Waals surface area contributed by atoms with Crippen molar-refractivity contribution in [2.45, 2.75) is 114 Å². The maximum atomic E-state index is 13.4. The van der Waals surface area contributed by atoms with Crippen molar-refractivity contribution in [3.63, 3.8) is 0 Å². The number of carboxylic acids is 1. The number of thiophene rings is 1. The van der Waals surface area contributed by atoms with Crippen molar-refractivity contribution in [1.29, 1.82) is 0 Å². The van der Waals surface area contributed by atoms with E-state index in [9.17, 15) is 24.6 Å². The van der Waals surface area contributed by atoms with E-state index in [2.05, 4.69) is 69.6 Å². The summed E-state index contributed by atoms with van der Waals surface area (Å²) in [7, 11) is 0. The summed E-state index contributed by atoms with van der Waals surface area (Å²) in [5.74, 6) is -0.0504. The number of morpholine rings is 1. The summed E-state index contributed by atoms with van der Waals surface area (Å²) in [6.45, 7) is 12.1. The van der Waals surface area contributed by atoms with Gasteiger partial charge in [-0.25, -0.2) is 0 Å². The van der Waals surface area contributed by atoms with Crippen molar-refractivity contribution in [2.75, 3.05) is 77.5 Å². The highest BCUT2D eigenvalue weighted by atomic mass is 32.1. The van der Waals surface area contributed by atoms with Gasteiger partial charge in [0.2, 0.25) is 0 Å². The van der Waals surface area contributed by atoms with Gasteiger partial charge in [0.15, 0.2) is 12.4 Å². The lowest BCUT2D eigenvalue weighted by molar-refractivity contribution is -0.146. The molecule has 3 N–H and O–H groups in total. The van der Waals surface area contributed by atoms with E-state index in [0.717, 1.165) is 68.8 Å². The van der Waals surface area contributed by atoms with Gasteiger partial charge in [0.1, 0.15) is 17.5 Å². The van der Waals surface area contributed by atoms with Gasteiger partial charge < -0.3 is 34.6 Å². The molecule has 0 radical (unpaired) electrons. The number of fused-ring (bicyclic) bond motifs is 1. The van der Waals surface area contributed by atoms with Crippen LogP contribution in [0, 0.1) is 0 Å². The van der Waals surface area contributed by atoms with Crippen LogP contribution < -0.4 is 10.1 Å². The second kappa shape index (κ2) is 20.2. The fraction of sp³-hybridized carbons (Fsp3) is 0.604. The molecule has 4 fully saturated rings. The normalized spacial score (nSPS) is 22.3. The highest BCUT2D eigenvalue weighted by Crippen LogP contribution is 2.40. The van der Waals surface area contributed by atoms with E-state index in [0.29, 0.717) is 82.1 Å². The van der Waals surface area contributed by atoms with Crippen LogP contribution >= 0.6 is 11.3 Å². The van der Waals surface area contributed by atoms with E-state index in [1.807, 2.05) is 11.0 Å². The Kier molecular flexibility index (Phi) is 14.5. The van der Waals surface area contributed by atoms with Gasteiger partial charge in [-0.1, -0.05) is 63.4 Å². The lowest BCUT2D eigenvalue weighted by atomic mass is 9.89. The van der Waals surface area contributed by atoms with Crippen LogP contribution in [0.25, 0.3) is 0 Å². The van der Waals surface area contributed by atoms with Crippen molar-refractivity contribution in [2.24, 2.45) is 0 Å². The molecule has 62 heavy (non-hydrogen) atoms. The molecule has 2 amide bonds. The number of phenols is 1. The Balaban J connectivity index is 0.802. The summed E-state index contributed by atoms with van der Waals surface area (Å²) in [4.78, 5) is 48.0. The molecule has 1 saturated carbocycles. The third-order valence-corrected chi connectivity index (χ3v) is 14.8. The molecule has 336 valence electrons. The molecule has 2 atom stereocenters. The standard InChI is InChI=1S/C48H65N5O8S/c1-33(2)37-28-41(62-31-37)46(56)53-24-26-61-48(32-53)16-20-50(21-17-48)29-35-8-6-7-34(27-35)15-25-59-40-14-19-52(44(40)47(57)58)23-22-51(38-9-4-3-5-10-38)18-13-36-11-12-39(54)43-45(36)60-30-42(55)49-43/h6-8,11-12,27-28,31,33,38,40,44,54H,3-5,9-10,13-26,29-30,32H2,1-2H3,(H,49,55)(H,57,58)/t40?,44-/m0/s1. The number of benzene rings is 2. The molecule has 5 heterocycles. The molecule has 3 saturated heterocycles. The summed E-state index contributed by atoms with van der Waals surface area (Å²) in [5.41, 5.74) is 4.64. The largest absolute Gasteiger partial charge is 0.506 e. The van der Waals surface area contributed by atoms with Crippen molar-refractivity contribution < 1.29 is 38.8 Å². The summed E-state index contributed by atoms with van der Waals surface area (Å²) >= 11 is 1.55. The minimum absolute atomic E-state index is 0.00386. The van der Waals surface area contributed by atoms with Crippen LogP contribution in [0.15, 0.2) is 47.8 Å². The number of carboxylic acid groups (broad SMARTS) is 1. The maximum Gasteiger partial charge on any atom is 0.323 e. The van der Waals surface area contributed by atoms with Crippen LogP contribution in [-0.4, -0.2) is 144 Å². The molecule has 4 aliphatic heterocycles. The predicted octanol–water partition coefficient (Wildman–Crippen LogP) is 6.38. The summed E-state index contributed by atoms with van der Waals surface area (Å²) in [6.07, 6.45) is 9.39. The average molecular weight is 872 g/mol. The number of likely N-dealkylation sites (tertiary alicyclic amines) is 2. The third-order valence-electron chi connectivity index (χ3n) is 13.9. The predicted molar refractivity (Wildman–Crippen MR) is 239 cm³/mol. The first kappa shape index (κ1) is 44.6. The first-order valence-electron chi connectivity index (χ1n) is 23.0. The lowest BCUT2D eigenvalue weighted by Gasteiger charge is -2.47. The smallest absolute Gasteiger partial charge is 0.323 e. The number of phenolic OH excluding ortho intramolecular Hbond substituents is 1. The zero-order valence-electron chi connectivity index (χ0n) is 36.5. The third kappa shape index (κ3) is 10.6. The number of aromatic hydroxyl groups is 1. The molecule has 2 aromatic carbocycles. The summed E-state index contributed by atoms with van der Waals surface area (Å²) < 4.78 is 18.5. The number of amides is 2. The number of nitrogens with one attached hydrogen (secondary N) is 1. The number of hydrogen-bond acceptors (Lipinski definition) is 11. The van der Waals surface area contributed by atoms with Crippen molar-refractivity contribution in [3.05, 3.63) is 75.0 Å². The molecular weight excluding hydrogens is 807 g/mol. The molecule has 1 unspecified atom stereocenters. The van der Waals surface area contributed by atoms with Crippen LogP contribution in [0.2, 0.25) is 0 Å². The Morgan fingerprint density at radius 3 is 2.58 bits per heavy atom. The second-order valence-corrected chi connectivity index (χ2v) is 19.3. The van der Waals surface area contributed by atoms with E-state index in [-0.39, 0.29) is 35.9 Å². The first-order chi connectivity index (χ1) is 30.0. The minimum Gasteiger partial charge on any atom is -0.506 e. The maximum absolute atomic E-state index is 13.4. The zero-order valence-corrected chi connectivity index (χ0v) is 37.3. The molecule has 14 heteroatoms.